The first-order valence-electron chi connectivity index (χ1n) is 6.02. The minimum Gasteiger partial charge on any atom is -0.392 e. The van der Waals surface area contributed by atoms with E-state index in [2.05, 4.69) is 30.2 Å². The number of nitrogens with one attached hydrogen (secondary N) is 1. The zero-order valence-corrected chi connectivity index (χ0v) is 11.8. The third-order valence-corrected chi connectivity index (χ3v) is 3.75. The van der Waals surface area contributed by atoms with Crippen molar-refractivity contribution in [2.24, 2.45) is 0 Å². The molecule has 0 aromatic carbocycles. The summed E-state index contributed by atoms with van der Waals surface area (Å²) in [6, 6.07) is 4.58. The lowest BCUT2D eigenvalue weighted by Gasteiger charge is -2.13. The van der Waals surface area contributed by atoms with E-state index in [9.17, 15) is 5.11 Å². The highest BCUT2D eigenvalue weighted by Crippen LogP contribution is 2.23. The maximum absolute atomic E-state index is 9.42. The Morgan fingerprint density at radius 2 is 2.00 bits per heavy atom. The minimum atomic E-state index is -0.316. The van der Waals surface area contributed by atoms with E-state index in [1.807, 2.05) is 19.2 Å². The van der Waals surface area contributed by atoms with Crippen LogP contribution >= 0.6 is 11.8 Å². The molecule has 2 unspecified atom stereocenters. The molecule has 96 valence electrons. The van der Waals surface area contributed by atoms with E-state index in [1.165, 1.54) is 5.56 Å². The predicted octanol–water partition coefficient (Wildman–Crippen LogP) is 2.44. The molecule has 1 aromatic heterocycles. The number of hydrogen-bond donors (Lipinski definition) is 2. The van der Waals surface area contributed by atoms with Crippen molar-refractivity contribution in [1.29, 1.82) is 0 Å². The Balaban J connectivity index is 2.50. The molecule has 0 saturated heterocycles. The number of aliphatic hydroxyl groups is 1. The van der Waals surface area contributed by atoms with Crippen LogP contribution in [0.4, 0.5) is 0 Å². The number of thioether (sulfide) groups is 1. The SMILES string of the molecule is CC(C)NCc1ccc(SC(C)C(C)O)nc1. The first-order valence-corrected chi connectivity index (χ1v) is 6.90. The molecule has 1 rings (SSSR count). The zero-order valence-electron chi connectivity index (χ0n) is 11.0. The smallest absolute Gasteiger partial charge is 0.0963 e. The zero-order chi connectivity index (χ0) is 12.8. The Hall–Kier alpha value is -0.580. The molecule has 0 bridgehead atoms. The van der Waals surface area contributed by atoms with Crippen LogP contribution in [0.5, 0.6) is 0 Å². The Morgan fingerprint density at radius 3 is 2.47 bits per heavy atom. The summed E-state index contributed by atoms with van der Waals surface area (Å²) in [5.41, 5.74) is 1.19. The third kappa shape index (κ3) is 5.52. The molecule has 4 heteroatoms. The molecule has 1 heterocycles. The number of aromatic nitrogens is 1. The Bertz CT molecular complexity index is 325. The molecule has 2 N–H and O–H groups in total. The van der Waals surface area contributed by atoms with E-state index >= 15 is 0 Å². The summed E-state index contributed by atoms with van der Waals surface area (Å²) in [4.78, 5) is 4.39. The highest BCUT2D eigenvalue weighted by molar-refractivity contribution is 7.99. The van der Waals surface area contributed by atoms with Crippen LogP contribution in [0.2, 0.25) is 0 Å². The lowest BCUT2D eigenvalue weighted by molar-refractivity contribution is 0.196. The summed E-state index contributed by atoms with van der Waals surface area (Å²) in [5, 5.41) is 13.9. The topological polar surface area (TPSA) is 45.1 Å². The van der Waals surface area contributed by atoms with Gasteiger partial charge in [0, 0.05) is 24.0 Å². The van der Waals surface area contributed by atoms with Crippen LogP contribution in [-0.4, -0.2) is 27.5 Å². The molecular formula is C13H22N2OS. The van der Waals surface area contributed by atoms with Gasteiger partial charge in [-0.05, 0) is 18.6 Å². The van der Waals surface area contributed by atoms with Crippen molar-refractivity contribution in [2.45, 2.75) is 56.7 Å². The van der Waals surface area contributed by atoms with Gasteiger partial charge < -0.3 is 10.4 Å². The summed E-state index contributed by atoms with van der Waals surface area (Å²) in [7, 11) is 0. The second-order valence-corrected chi connectivity index (χ2v) is 6.00. The van der Waals surface area contributed by atoms with Crippen LogP contribution in [0.3, 0.4) is 0 Å². The number of hydrogen-bond acceptors (Lipinski definition) is 4. The first-order chi connectivity index (χ1) is 7.99. The van der Waals surface area contributed by atoms with Gasteiger partial charge in [-0.3, -0.25) is 0 Å². The molecular weight excluding hydrogens is 232 g/mol. The molecule has 0 spiro atoms. The highest BCUT2D eigenvalue weighted by Gasteiger charge is 2.10. The van der Waals surface area contributed by atoms with E-state index in [1.54, 1.807) is 18.7 Å². The summed E-state index contributed by atoms with van der Waals surface area (Å²) in [5.74, 6) is 0. The van der Waals surface area contributed by atoms with Crippen molar-refractivity contribution in [1.82, 2.24) is 10.3 Å². The van der Waals surface area contributed by atoms with E-state index in [0.29, 0.717) is 6.04 Å². The van der Waals surface area contributed by atoms with Crippen molar-refractivity contribution in [2.75, 3.05) is 0 Å². The Morgan fingerprint density at radius 1 is 1.29 bits per heavy atom. The van der Waals surface area contributed by atoms with E-state index in [4.69, 9.17) is 0 Å². The van der Waals surface area contributed by atoms with Gasteiger partial charge in [0.05, 0.1) is 11.1 Å². The van der Waals surface area contributed by atoms with Gasteiger partial charge in [-0.25, -0.2) is 4.98 Å². The van der Waals surface area contributed by atoms with Gasteiger partial charge in [-0.15, -0.1) is 11.8 Å². The monoisotopic (exact) mass is 254 g/mol. The molecule has 0 aliphatic carbocycles. The fourth-order valence-corrected chi connectivity index (χ4v) is 2.03. The van der Waals surface area contributed by atoms with Gasteiger partial charge in [-0.2, -0.15) is 0 Å². The van der Waals surface area contributed by atoms with Gasteiger partial charge in [0.25, 0.3) is 0 Å². The molecule has 0 aliphatic rings. The van der Waals surface area contributed by atoms with Crippen LogP contribution in [0.25, 0.3) is 0 Å². The lowest BCUT2D eigenvalue weighted by atomic mass is 10.2. The van der Waals surface area contributed by atoms with Gasteiger partial charge in [0.2, 0.25) is 0 Å². The fraction of sp³-hybridized carbons (Fsp3) is 0.615. The summed E-state index contributed by atoms with van der Waals surface area (Å²) in [6.07, 6.45) is 1.58. The molecule has 0 fully saturated rings. The van der Waals surface area contributed by atoms with Crippen LogP contribution in [-0.2, 0) is 6.54 Å². The van der Waals surface area contributed by atoms with Crippen LogP contribution in [0.15, 0.2) is 23.4 Å². The van der Waals surface area contributed by atoms with Crippen molar-refractivity contribution in [3.63, 3.8) is 0 Å². The molecule has 1 aromatic rings. The van der Waals surface area contributed by atoms with E-state index in [0.717, 1.165) is 11.6 Å². The quantitative estimate of drug-likeness (QED) is 0.765. The molecule has 0 amide bonds. The average molecular weight is 254 g/mol. The van der Waals surface area contributed by atoms with E-state index in [-0.39, 0.29) is 11.4 Å². The highest BCUT2D eigenvalue weighted by atomic mass is 32.2. The van der Waals surface area contributed by atoms with Gasteiger partial charge in [0.1, 0.15) is 0 Å². The molecule has 17 heavy (non-hydrogen) atoms. The standard InChI is InChI=1S/C13H22N2OS/c1-9(2)14-7-12-5-6-13(15-8-12)17-11(4)10(3)16/h5-6,8-11,14,16H,7H2,1-4H3. The summed E-state index contributed by atoms with van der Waals surface area (Å²) >= 11 is 1.60. The Kier molecular flexibility index (Phi) is 5.95. The maximum Gasteiger partial charge on any atom is 0.0963 e. The van der Waals surface area contributed by atoms with Crippen LogP contribution in [0.1, 0.15) is 33.3 Å². The average Bonchev–Trinajstić information content (AvgIpc) is 2.28. The molecule has 2 atom stereocenters. The van der Waals surface area contributed by atoms with E-state index < -0.39 is 0 Å². The number of pyridine rings is 1. The van der Waals surface area contributed by atoms with Crippen molar-refractivity contribution < 1.29 is 5.11 Å². The fourth-order valence-electron chi connectivity index (χ4n) is 1.20. The van der Waals surface area contributed by atoms with Crippen molar-refractivity contribution >= 4 is 11.8 Å². The number of rotatable bonds is 6. The second kappa shape index (κ2) is 6.99. The third-order valence-electron chi connectivity index (χ3n) is 2.50. The van der Waals surface area contributed by atoms with Crippen LogP contribution < -0.4 is 5.32 Å². The normalized spacial score (nSPS) is 14.9. The lowest BCUT2D eigenvalue weighted by Crippen LogP contribution is -2.21. The minimum absolute atomic E-state index is 0.169. The maximum atomic E-state index is 9.42. The van der Waals surface area contributed by atoms with Gasteiger partial charge in [0.15, 0.2) is 0 Å². The van der Waals surface area contributed by atoms with Crippen molar-refractivity contribution in [3.05, 3.63) is 23.9 Å². The predicted molar refractivity (Wildman–Crippen MR) is 73.2 cm³/mol. The molecule has 0 aliphatic heterocycles. The molecule has 3 nitrogen and oxygen atoms in total. The summed E-state index contributed by atoms with van der Waals surface area (Å²) in [6.45, 7) is 8.91. The van der Waals surface area contributed by atoms with Crippen LogP contribution in [0, 0.1) is 0 Å². The molecule has 0 radical (unpaired) electrons. The van der Waals surface area contributed by atoms with Crippen molar-refractivity contribution in [3.8, 4) is 0 Å². The number of nitrogens with zero attached hydrogens (tertiary/aromatic N) is 1. The largest absolute Gasteiger partial charge is 0.392 e. The Labute approximate surface area is 108 Å². The van der Waals surface area contributed by atoms with Gasteiger partial charge in [-0.1, -0.05) is 26.8 Å². The second-order valence-electron chi connectivity index (χ2n) is 4.60. The first kappa shape index (κ1) is 14.5. The van der Waals surface area contributed by atoms with Gasteiger partial charge >= 0.3 is 0 Å². The number of aliphatic hydroxyl groups excluding tert-OH is 1. The summed E-state index contributed by atoms with van der Waals surface area (Å²) < 4.78 is 0. The molecule has 0 saturated carbocycles.